The summed E-state index contributed by atoms with van der Waals surface area (Å²) in [5.74, 6) is -3.79. The largest absolute Gasteiger partial charge is 0.416 e. The molecule has 1 unspecified atom stereocenters. The predicted molar refractivity (Wildman–Crippen MR) is 115 cm³/mol. The molecule has 13 heteroatoms. The average molecular weight is 492 g/mol. The van der Waals surface area contributed by atoms with Crippen LogP contribution in [-0.2, 0) is 11.0 Å². The number of aliphatic hydroxyl groups excluding tert-OH is 1. The molecule has 0 saturated carbocycles. The summed E-state index contributed by atoms with van der Waals surface area (Å²) in [6.07, 6.45) is -6.77. The number of nitrogens with one attached hydrogen (secondary N) is 1. The molecule has 0 aliphatic carbocycles. The third-order valence-electron chi connectivity index (χ3n) is 5.15. The fourth-order valence-electron chi connectivity index (χ4n) is 3.51. The topological polar surface area (TPSA) is 119 Å². The highest BCUT2D eigenvalue weighted by molar-refractivity contribution is 5.95. The van der Waals surface area contributed by atoms with Gasteiger partial charge in [-0.1, -0.05) is 12.1 Å². The Morgan fingerprint density at radius 3 is 2.51 bits per heavy atom. The minimum atomic E-state index is -4.70. The quantitative estimate of drug-likeness (QED) is 0.371. The first-order valence-electron chi connectivity index (χ1n) is 10.0. The summed E-state index contributed by atoms with van der Waals surface area (Å²) in [5.41, 5.74) is 4.37. The lowest BCUT2D eigenvalue weighted by Gasteiger charge is -2.15. The molecule has 0 radical (unpaired) electrons. The fourth-order valence-corrected chi connectivity index (χ4v) is 3.51. The zero-order chi connectivity index (χ0) is 25.7. The number of aliphatic hydroxyl groups is 1. The van der Waals surface area contributed by atoms with Crippen LogP contribution in [-0.4, -0.2) is 30.8 Å². The van der Waals surface area contributed by atoms with E-state index in [0.717, 1.165) is 35.0 Å². The van der Waals surface area contributed by atoms with Crippen molar-refractivity contribution in [3.63, 3.8) is 0 Å². The van der Waals surface area contributed by atoms with Crippen LogP contribution in [0.15, 0.2) is 36.4 Å². The summed E-state index contributed by atoms with van der Waals surface area (Å²) in [6.45, 7) is 3.21. The molecule has 8 nitrogen and oxygen atoms in total. The first-order valence-corrected chi connectivity index (χ1v) is 10.0. The molecule has 4 N–H and O–H groups in total. The van der Waals surface area contributed by atoms with E-state index in [2.05, 4.69) is 15.1 Å². The van der Waals surface area contributed by atoms with Gasteiger partial charge in [0.05, 0.1) is 16.9 Å². The second kappa shape index (κ2) is 8.58. The van der Waals surface area contributed by atoms with Crippen molar-refractivity contribution < 1.29 is 31.9 Å². The number of hydrogen-bond acceptors (Lipinski definition) is 6. The van der Waals surface area contributed by atoms with E-state index in [1.54, 1.807) is 13.8 Å². The minimum absolute atomic E-state index is 0.00510. The van der Waals surface area contributed by atoms with Crippen molar-refractivity contribution in [1.82, 2.24) is 19.7 Å². The molecule has 0 aliphatic heterocycles. The number of alkyl halides is 3. The summed E-state index contributed by atoms with van der Waals surface area (Å²) < 4.78 is 69.6. The predicted octanol–water partition coefficient (Wildman–Crippen LogP) is 3.98. The summed E-state index contributed by atoms with van der Waals surface area (Å²) >= 11 is 0. The molecule has 4 rings (SSSR count). The Bertz CT molecular complexity index is 1470. The normalized spacial score (nSPS) is 12.7. The SMILES string of the molecule is Cc1nc(N)c2c(n1)c(C)nn2-c1ccc(NC(=O)C(O)c2cccc(C(F)(F)F)c2)c(F)c1F. The number of hydrogen-bond donors (Lipinski definition) is 3. The van der Waals surface area contributed by atoms with Gasteiger partial charge in [0, 0.05) is 0 Å². The van der Waals surface area contributed by atoms with Crippen molar-refractivity contribution in [2.75, 3.05) is 11.1 Å². The van der Waals surface area contributed by atoms with Crippen LogP contribution in [0.3, 0.4) is 0 Å². The first-order chi connectivity index (χ1) is 16.4. The van der Waals surface area contributed by atoms with Crippen LogP contribution in [0, 0.1) is 25.5 Å². The Morgan fingerprint density at radius 2 is 1.83 bits per heavy atom. The molecule has 2 heterocycles. The highest BCUT2D eigenvalue weighted by Gasteiger charge is 2.32. The van der Waals surface area contributed by atoms with Gasteiger partial charge in [0.1, 0.15) is 22.5 Å². The van der Waals surface area contributed by atoms with E-state index < -0.39 is 41.1 Å². The monoisotopic (exact) mass is 492 g/mol. The zero-order valence-corrected chi connectivity index (χ0v) is 18.2. The van der Waals surface area contributed by atoms with E-state index >= 15 is 0 Å². The Labute approximate surface area is 194 Å². The third kappa shape index (κ3) is 4.37. The van der Waals surface area contributed by atoms with Crippen molar-refractivity contribution in [3.8, 4) is 5.69 Å². The average Bonchev–Trinajstić information content (AvgIpc) is 3.12. The maximum Gasteiger partial charge on any atom is 0.416 e. The van der Waals surface area contributed by atoms with Gasteiger partial charge in [0.2, 0.25) is 0 Å². The van der Waals surface area contributed by atoms with Crippen LogP contribution >= 0.6 is 0 Å². The number of nitrogens with zero attached hydrogens (tertiary/aromatic N) is 4. The molecule has 182 valence electrons. The molecule has 35 heavy (non-hydrogen) atoms. The van der Waals surface area contributed by atoms with E-state index in [1.165, 1.54) is 0 Å². The van der Waals surface area contributed by atoms with Crippen LogP contribution < -0.4 is 11.1 Å². The standard InChI is InChI=1S/C22H17F5N6O2/c1-9-17-18(20(28)30-10(2)29-17)33(32-9)14-7-6-13(15(23)16(14)24)31-21(35)19(34)11-4-3-5-12(8-11)22(25,26)27/h3-8,19,34H,1-2H3,(H,31,35)(H2,28,29,30). The molecule has 1 amide bonds. The highest BCUT2D eigenvalue weighted by Crippen LogP contribution is 2.32. The summed E-state index contributed by atoms with van der Waals surface area (Å²) in [4.78, 5) is 20.6. The molecule has 0 fully saturated rings. The molecular formula is C22H17F5N6O2. The van der Waals surface area contributed by atoms with E-state index in [-0.39, 0.29) is 22.6 Å². The molecule has 0 spiro atoms. The molecule has 2 aromatic carbocycles. The Morgan fingerprint density at radius 1 is 1.11 bits per heavy atom. The number of nitrogens with two attached hydrogens (primary N) is 1. The van der Waals surface area contributed by atoms with Gasteiger partial charge in [0.15, 0.2) is 23.6 Å². The highest BCUT2D eigenvalue weighted by atomic mass is 19.4. The van der Waals surface area contributed by atoms with E-state index in [9.17, 15) is 31.9 Å². The maximum absolute atomic E-state index is 15.0. The van der Waals surface area contributed by atoms with Gasteiger partial charge in [-0.3, -0.25) is 4.79 Å². The Kier molecular flexibility index (Phi) is 5.88. The van der Waals surface area contributed by atoms with Gasteiger partial charge in [0.25, 0.3) is 5.91 Å². The molecular weight excluding hydrogens is 475 g/mol. The van der Waals surface area contributed by atoms with Gasteiger partial charge in [-0.25, -0.2) is 23.4 Å². The number of carbonyl (C=O) groups excluding carboxylic acids is 1. The summed E-state index contributed by atoms with van der Waals surface area (Å²) in [7, 11) is 0. The van der Waals surface area contributed by atoms with Crippen molar-refractivity contribution in [2.45, 2.75) is 26.1 Å². The van der Waals surface area contributed by atoms with Crippen LogP contribution in [0.2, 0.25) is 0 Å². The number of fused-ring (bicyclic) bond motifs is 1. The van der Waals surface area contributed by atoms with Gasteiger partial charge in [-0.15, -0.1) is 0 Å². The number of benzene rings is 2. The molecule has 0 bridgehead atoms. The molecule has 0 saturated heterocycles. The molecule has 0 aliphatic rings. The fraction of sp³-hybridized carbons (Fsp3) is 0.182. The molecule has 1 atom stereocenters. The molecule has 4 aromatic rings. The van der Waals surface area contributed by atoms with Crippen LogP contribution in [0.25, 0.3) is 16.7 Å². The van der Waals surface area contributed by atoms with Crippen molar-refractivity contribution in [2.24, 2.45) is 0 Å². The second-order valence-corrected chi connectivity index (χ2v) is 7.63. The van der Waals surface area contributed by atoms with Crippen LogP contribution in [0.4, 0.5) is 33.5 Å². The van der Waals surface area contributed by atoms with Crippen molar-refractivity contribution in [3.05, 3.63) is 70.7 Å². The van der Waals surface area contributed by atoms with Crippen molar-refractivity contribution in [1.29, 1.82) is 0 Å². The van der Waals surface area contributed by atoms with Crippen LogP contribution in [0.5, 0.6) is 0 Å². The summed E-state index contributed by atoms with van der Waals surface area (Å²) in [5, 5.41) is 16.3. The van der Waals surface area contributed by atoms with E-state index in [4.69, 9.17) is 5.73 Å². The first kappa shape index (κ1) is 24.0. The number of halogens is 5. The number of aryl methyl sites for hydroxylation is 2. The lowest BCUT2D eigenvalue weighted by molar-refractivity contribution is -0.138. The number of nitrogen functional groups attached to an aromatic ring is 1. The number of amides is 1. The maximum atomic E-state index is 15.0. The number of aromatic nitrogens is 4. The lowest BCUT2D eigenvalue weighted by Crippen LogP contribution is -2.22. The van der Waals surface area contributed by atoms with Crippen molar-refractivity contribution >= 4 is 28.4 Å². The van der Waals surface area contributed by atoms with Gasteiger partial charge in [-0.2, -0.15) is 18.3 Å². The van der Waals surface area contributed by atoms with Gasteiger partial charge >= 0.3 is 6.18 Å². The third-order valence-corrected chi connectivity index (χ3v) is 5.15. The lowest BCUT2D eigenvalue weighted by atomic mass is 10.0. The number of carbonyl (C=O) groups is 1. The number of anilines is 2. The van der Waals surface area contributed by atoms with E-state index in [1.807, 2.05) is 5.32 Å². The Hall–Kier alpha value is -4.13. The smallest absolute Gasteiger partial charge is 0.382 e. The minimum Gasteiger partial charge on any atom is -0.382 e. The van der Waals surface area contributed by atoms with Gasteiger partial charge < -0.3 is 16.2 Å². The second-order valence-electron chi connectivity index (χ2n) is 7.63. The summed E-state index contributed by atoms with van der Waals surface area (Å²) in [6, 6.07) is 5.58. The molecule has 2 aromatic heterocycles. The number of rotatable bonds is 4. The zero-order valence-electron chi connectivity index (χ0n) is 18.2. The van der Waals surface area contributed by atoms with Gasteiger partial charge in [-0.05, 0) is 43.7 Å². The Balaban J connectivity index is 1.66. The van der Waals surface area contributed by atoms with Crippen LogP contribution in [0.1, 0.15) is 28.7 Å². The van der Waals surface area contributed by atoms with E-state index in [0.29, 0.717) is 23.1 Å².